The highest BCUT2D eigenvalue weighted by molar-refractivity contribution is 7.89. The molecule has 8 nitrogen and oxygen atoms in total. The Kier molecular flexibility index (Phi) is 7.34. The molecule has 0 aliphatic rings. The zero-order chi connectivity index (χ0) is 23.1. The number of halogens is 1. The summed E-state index contributed by atoms with van der Waals surface area (Å²) in [5, 5.41) is 4.19. The van der Waals surface area contributed by atoms with Gasteiger partial charge in [-0.25, -0.2) is 9.63 Å². The number of benzene rings is 3. The summed E-state index contributed by atoms with van der Waals surface area (Å²) in [4.78, 5) is 14.5. The zero-order valence-electron chi connectivity index (χ0n) is 17.1. The Morgan fingerprint density at radius 1 is 0.938 bits per heavy atom. The number of sulfonamides is 1. The first-order chi connectivity index (χ1) is 15.3. The van der Waals surface area contributed by atoms with Crippen molar-refractivity contribution in [3.8, 4) is 17.2 Å². The third-order valence-corrected chi connectivity index (χ3v) is 5.71. The molecule has 0 fully saturated rings. The lowest BCUT2D eigenvalue weighted by Gasteiger charge is -2.09. The fraction of sp³-hybridized carbons (Fsp3) is 0.0909. The highest BCUT2D eigenvalue weighted by Gasteiger charge is 2.13. The van der Waals surface area contributed by atoms with Gasteiger partial charge in [0.05, 0.1) is 30.9 Å². The fourth-order valence-electron chi connectivity index (χ4n) is 2.59. The Hall–Kier alpha value is -3.56. The second-order valence-electron chi connectivity index (χ2n) is 6.34. The summed E-state index contributed by atoms with van der Waals surface area (Å²) in [5.41, 5.74) is 0.889. The molecule has 0 atom stereocenters. The third-order valence-electron chi connectivity index (χ3n) is 4.22. The molecule has 166 valence electrons. The number of nitrogens with one attached hydrogen (secondary N) is 1. The van der Waals surface area contributed by atoms with Gasteiger partial charge in [0.25, 0.3) is 10.0 Å². The molecular formula is C22H19ClN2O6S. The molecule has 0 aliphatic carbocycles. The van der Waals surface area contributed by atoms with Gasteiger partial charge in [-0.15, -0.1) is 0 Å². The van der Waals surface area contributed by atoms with E-state index in [0.717, 1.165) is 0 Å². The molecule has 32 heavy (non-hydrogen) atoms. The van der Waals surface area contributed by atoms with Crippen LogP contribution < -0.4 is 19.0 Å². The van der Waals surface area contributed by atoms with E-state index >= 15 is 0 Å². The van der Waals surface area contributed by atoms with Crippen LogP contribution in [-0.2, 0) is 10.0 Å². The van der Waals surface area contributed by atoms with Crippen molar-refractivity contribution in [1.82, 2.24) is 4.83 Å². The van der Waals surface area contributed by atoms with Crippen LogP contribution in [0.1, 0.15) is 15.9 Å². The van der Waals surface area contributed by atoms with Crippen molar-refractivity contribution in [2.75, 3.05) is 14.2 Å². The molecule has 3 rings (SSSR count). The minimum Gasteiger partial charge on any atom is -0.493 e. The van der Waals surface area contributed by atoms with E-state index < -0.39 is 16.0 Å². The lowest BCUT2D eigenvalue weighted by Crippen LogP contribution is -2.18. The molecular weight excluding hydrogens is 456 g/mol. The molecule has 0 heterocycles. The van der Waals surface area contributed by atoms with E-state index in [4.69, 9.17) is 25.8 Å². The summed E-state index contributed by atoms with van der Waals surface area (Å²) in [7, 11) is -0.830. The lowest BCUT2D eigenvalue weighted by atomic mass is 10.2. The Morgan fingerprint density at radius 2 is 1.59 bits per heavy atom. The number of nitrogens with zero attached hydrogens (tertiary/aromatic N) is 1. The molecule has 0 amide bonds. The van der Waals surface area contributed by atoms with Gasteiger partial charge in [0.1, 0.15) is 5.75 Å². The maximum Gasteiger partial charge on any atom is 0.343 e. The Labute approximate surface area is 190 Å². The predicted molar refractivity (Wildman–Crippen MR) is 120 cm³/mol. The second kappa shape index (κ2) is 10.2. The molecule has 0 spiro atoms. The maximum atomic E-state index is 12.4. The van der Waals surface area contributed by atoms with Gasteiger partial charge < -0.3 is 14.2 Å². The number of carbonyl (C=O) groups excluding carboxylic acids is 1. The van der Waals surface area contributed by atoms with Crippen LogP contribution >= 0.6 is 11.6 Å². The number of carbonyl (C=O) groups is 1. The number of methoxy groups -OCH3 is 2. The molecule has 0 saturated carbocycles. The largest absolute Gasteiger partial charge is 0.493 e. The first-order valence-electron chi connectivity index (χ1n) is 9.17. The van der Waals surface area contributed by atoms with Crippen LogP contribution in [-0.4, -0.2) is 34.8 Å². The molecule has 1 N–H and O–H groups in total. The van der Waals surface area contributed by atoms with Crippen molar-refractivity contribution in [3.63, 3.8) is 0 Å². The van der Waals surface area contributed by atoms with E-state index in [-0.39, 0.29) is 4.90 Å². The van der Waals surface area contributed by atoms with Gasteiger partial charge in [-0.2, -0.15) is 13.5 Å². The van der Waals surface area contributed by atoms with Crippen LogP contribution in [0.15, 0.2) is 76.7 Å². The summed E-state index contributed by atoms with van der Waals surface area (Å²) in [5.74, 6) is 0.653. The fourth-order valence-corrected chi connectivity index (χ4v) is 3.51. The van der Waals surface area contributed by atoms with Crippen LogP contribution in [0.4, 0.5) is 0 Å². The molecule has 0 radical (unpaired) electrons. The number of hydrazone groups is 1. The lowest BCUT2D eigenvalue weighted by molar-refractivity contribution is 0.0734. The minimum atomic E-state index is -3.81. The molecule has 3 aromatic rings. The van der Waals surface area contributed by atoms with Crippen molar-refractivity contribution >= 4 is 33.8 Å². The average Bonchev–Trinajstić information content (AvgIpc) is 2.80. The maximum absolute atomic E-state index is 12.4. The highest BCUT2D eigenvalue weighted by Crippen LogP contribution is 2.28. The summed E-state index contributed by atoms with van der Waals surface area (Å²) in [6.07, 6.45) is 1.33. The SMILES string of the molecule is COc1ccc(C(=O)Oc2ccc(/C=N/NS(=O)(=O)c3ccc(Cl)cc3)cc2)cc1OC. The highest BCUT2D eigenvalue weighted by atomic mass is 35.5. The van der Waals surface area contributed by atoms with Crippen molar-refractivity contribution in [3.05, 3.63) is 82.9 Å². The van der Waals surface area contributed by atoms with E-state index in [1.165, 1.54) is 50.8 Å². The Morgan fingerprint density at radius 3 is 2.22 bits per heavy atom. The first-order valence-corrected chi connectivity index (χ1v) is 11.0. The van der Waals surface area contributed by atoms with Crippen LogP contribution in [0.3, 0.4) is 0 Å². The molecule has 0 aromatic heterocycles. The van der Waals surface area contributed by atoms with Crippen LogP contribution in [0.25, 0.3) is 0 Å². The number of rotatable bonds is 8. The van der Waals surface area contributed by atoms with Crippen molar-refractivity contribution in [2.45, 2.75) is 4.90 Å². The normalized spacial score (nSPS) is 11.2. The van der Waals surface area contributed by atoms with Gasteiger partial charge in [-0.05, 0) is 72.3 Å². The van der Waals surface area contributed by atoms with Crippen molar-refractivity contribution in [2.24, 2.45) is 5.10 Å². The summed E-state index contributed by atoms with van der Waals surface area (Å²) >= 11 is 5.76. The van der Waals surface area contributed by atoms with Crippen LogP contribution in [0.5, 0.6) is 17.2 Å². The van der Waals surface area contributed by atoms with Crippen LogP contribution in [0.2, 0.25) is 5.02 Å². The zero-order valence-corrected chi connectivity index (χ0v) is 18.7. The Bertz CT molecular complexity index is 1230. The third kappa shape index (κ3) is 5.77. The summed E-state index contributed by atoms with van der Waals surface area (Å²) in [6.45, 7) is 0. The molecule has 3 aromatic carbocycles. The van der Waals surface area contributed by atoms with Crippen molar-refractivity contribution < 1.29 is 27.4 Å². The van der Waals surface area contributed by atoms with E-state index in [1.54, 1.807) is 36.4 Å². The number of hydrogen-bond donors (Lipinski definition) is 1. The van der Waals surface area contributed by atoms with Gasteiger partial charge in [-0.1, -0.05) is 11.6 Å². The second-order valence-corrected chi connectivity index (χ2v) is 8.43. The average molecular weight is 475 g/mol. The van der Waals surface area contributed by atoms with Crippen molar-refractivity contribution in [1.29, 1.82) is 0 Å². The van der Waals surface area contributed by atoms with Gasteiger partial charge in [0.15, 0.2) is 11.5 Å². The molecule has 0 aliphatic heterocycles. The molecule has 0 saturated heterocycles. The summed E-state index contributed by atoms with van der Waals surface area (Å²) < 4.78 is 40.1. The standard InChI is InChI=1S/C22H19ClN2O6S/c1-29-20-12-5-16(13-21(20)30-2)22(26)31-18-8-3-15(4-9-18)14-24-25-32(27,28)19-10-6-17(23)7-11-19/h3-14,25H,1-2H3/b24-14+. The van der Waals surface area contributed by atoms with E-state index in [9.17, 15) is 13.2 Å². The predicted octanol–water partition coefficient (Wildman–Crippen LogP) is 3.89. The van der Waals surface area contributed by atoms with Gasteiger partial charge in [0.2, 0.25) is 0 Å². The van der Waals surface area contributed by atoms with E-state index in [0.29, 0.717) is 33.4 Å². The Balaban J connectivity index is 1.62. The topological polar surface area (TPSA) is 103 Å². The van der Waals surface area contributed by atoms with Gasteiger partial charge in [-0.3, -0.25) is 0 Å². The van der Waals surface area contributed by atoms with E-state index in [2.05, 4.69) is 9.93 Å². The number of hydrogen-bond acceptors (Lipinski definition) is 7. The smallest absolute Gasteiger partial charge is 0.343 e. The van der Waals surface area contributed by atoms with Gasteiger partial charge in [0, 0.05) is 5.02 Å². The molecule has 0 bridgehead atoms. The number of ether oxygens (including phenoxy) is 3. The minimum absolute atomic E-state index is 0.0384. The van der Waals surface area contributed by atoms with Gasteiger partial charge >= 0.3 is 5.97 Å². The van der Waals surface area contributed by atoms with E-state index in [1.807, 2.05) is 0 Å². The van der Waals surface area contributed by atoms with Crippen LogP contribution in [0, 0.1) is 0 Å². The number of esters is 1. The first kappa shape index (κ1) is 23.1. The summed E-state index contributed by atoms with van der Waals surface area (Å²) in [6, 6.07) is 16.8. The molecule has 0 unspecified atom stereocenters. The quantitative estimate of drug-likeness (QED) is 0.230. The molecule has 10 heteroatoms. The monoisotopic (exact) mass is 474 g/mol.